The Balaban J connectivity index is 1.78. The molecule has 0 radical (unpaired) electrons. The number of rotatable bonds is 3. The molecule has 0 saturated heterocycles. The first-order chi connectivity index (χ1) is 8.65. The summed E-state index contributed by atoms with van der Waals surface area (Å²) in [4.78, 5) is 24.6. The minimum atomic E-state index is -1.18. The number of carbonyl (C=O) groups is 2. The molecule has 18 heavy (non-hydrogen) atoms. The van der Waals surface area contributed by atoms with E-state index < -0.39 is 12.0 Å². The number of carboxylic acid groups (broad SMARTS) is 1. The van der Waals surface area contributed by atoms with Gasteiger partial charge in [0.2, 0.25) is 0 Å². The van der Waals surface area contributed by atoms with Gasteiger partial charge < -0.3 is 5.11 Å². The SMILES string of the molecule is O=C(O)N1Cc2cc(SCC3CC3)ccc2C1=O. The largest absolute Gasteiger partial charge is 0.465 e. The van der Waals surface area contributed by atoms with Gasteiger partial charge in [-0.15, -0.1) is 11.8 Å². The van der Waals surface area contributed by atoms with Crippen molar-refractivity contribution in [2.24, 2.45) is 5.92 Å². The second-order valence-electron chi connectivity index (χ2n) is 4.75. The lowest BCUT2D eigenvalue weighted by atomic mass is 10.1. The van der Waals surface area contributed by atoms with Crippen LogP contribution in [0, 0.1) is 5.92 Å². The zero-order valence-electron chi connectivity index (χ0n) is 9.76. The van der Waals surface area contributed by atoms with E-state index in [4.69, 9.17) is 5.11 Å². The van der Waals surface area contributed by atoms with Crippen LogP contribution in [-0.4, -0.2) is 27.8 Å². The number of thioether (sulfide) groups is 1. The van der Waals surface area contributed by atoms with Gasteiger partial charge in [0.15, 0.2) is 0 Å². The number of hydrogen-bond acceptors (Lipinski definition) is 3. The standard InChI is InChI=1S/C13H13NO3S/c15-12-11-4-3-10(18-7-8-1-2-8)5-9(11)6-14(12)13(16)17/h3-5,8H,1-2,6-7H2,(H,16,17). The molecule has 1 aromatic carbocycles. The molecule has 0 atom stereocenters. The Labute approximate surface area is 109 Å². The Morgan fingerprint density at radius 3 is 2.89 bits per heavy atom. The minimum absolute atomic E-state index is 0.182. The van der Waals surface area contributed by atoms with Gasteiger partial charge in [-0.3, -0.25) is 4.79 Å². The third kappa shape index (κ3) is 2.10. The molecule has 1 N–H and O–H groups in total. The maximum absolute atomic E-state index is 11.8. The Kier molecular flexibility index (Phi) is 2.78. The van der Waals surface area contributed by atoms with E-state index in [1.807, 2.05) is 12.1 Å². The van der Waals surface area contributed by atoms with Crippen LogP contribution in [0.2, 0.25) is 0 Å². The van der Waals surface area contributed by atoms with Gasteiger partial charge in [0.25, 0.3) is 5.91 Å². The summed E-state index contributed by atoms with van der Waals surface area (Å²) >= 11 is 1.79. The number of benzene rings is 1. The van der Waals surface area contributed by atoms with E-state index in [0.717, 1.165) is 27.0 Å². The van der Waals surface area contributed by atoms with Crippen LogP contribution in [0.3, 0.4) is 0 Å². The van der Waals surface area contributed by atoms with Gasteiger partial charge in [-0.05, 0) is 42.5 Å². The molecular formula is C13H13NO3S. The zero-order chi connectivity index (χ0) is 12.7. The quantitative estimate of drug-likeness (QED) is 0.852. The van der Waals surface area contributed by atoms with Gasteiger partial charge in [0.1, 0.15) is 0 Å². The predicted octanol–water partition coefficient (Wildman–Crippen LogP) is 2.82. The van der Waals surface area contributed by atoms with E-state index in [0.29, 0.717) is 5.56 Å². The molecule has 0 bridgehead atoms. The monoisotopic (exact) mass is 263 g/mol. The van der Waals surface area contributed by atoms with Crippen molar-refractivity contribution in [2.45, 2.75) is 24.3 Å². The molecule has 1 fully saturated rings. The molecule has 94 valence electrons. The lowest BCUT2D eigenvalue weighted by Crippen LogP contribution is -2.29. The van der Waals surface area contributed by atoms with Crippen LogP contribution < -0.4 is 0 Å². The number of hydrogen-bond donors (Lipinski definition) is 1. The maximum atomic E-state index is 11.8. The fourth-order valence-corrected chi connectivity index (χ4v) is 3.19. The molecule has 0 aromatic heterocycles. The first-order valence-corrected chi connectivity index (χ1v) is 6.94. The van der Waals surface area contributed by atoms with Crippen LogP contribution >= 0.6 is 11.8 Å². The van der Waals surface area contributed by atoms with E-state index in [9.17, 15) is 9.59 Å². The molecule has 5 heteroatoms. The first-order valence-electron chi connectivity index (χ1n) is 5.95. The van der Waals surface area contributed by atoms with Crippen LogP contribution in [-0.2, 0) is 6.54 Å². The van der Waals surface area contributed by atoms with Gasteiger partial charge in [-0.25, -0.2) is 9.69 Å². The second kappa shape index (κ2) is 4.31. The first kappa shape index (κ1) is 11.6. The summed E-state index contributed by atoms with van der Waals surface area (Å²) in [5, 5.41) is 8.91. The highest BCUT2D eigenvalue weighted by Crippen LogP contribution is 2.36. The lowest BCUT2D eigenvalue weighted by molar-refractivity contribution is 0.0764. The summed E-state index contributed by atoms with van der Waals surface area (Å²) in [5.41, 5.74) is 1.34. The van der Waals surface area contributed by atoms with Crippen molar-refractivity contribution in [1.29, 1.82) is 0 Å². The topological polar surface area (TPSA) is 57.6 Å². The van der Waals surface area contributed by atoms with Gasteiger partial charge in [-0.1, -0.05) is 0 Å². The predicted molar refractivity (Wildman–Crippen MR) is 67.8 cm³/mol. The van der Waals surface area contributed by atoms with Crippen molar-refractivity contribution < 1.29 is 14.7 Å². The maximum Gasteiger partial charge on any atom is 0.414 e. The molecule has 4 nitrogen and oxygen atoms in total. The number of imide groups is 1. The lowest BCUT2D eigenvalue weighted by Gasteiger charge is -2.06. The smallest absolute Gasteiger partial charge is 0.414 e. The summed E-state index contributed by atoms with van der Waals surface area (Å²) < 4.78 is 0. The molecule has 2 amide bonds. The molecule has 2 aliphatic rings. The molecule has 1 aliphatic carbocycles. The van der Waals surface area contributed by atoms with Crippen molar-refractivity contribution in [2.75, 3.05) is 5.75 Å². The number of carbonyl (C=O) groups excluding carboxylic acids is 1. The average Bonchev–Trinajstić information content (AvgIpc) is 3.11. The summed E-state index contributed by atoms with van der Waals surface area (Å²) in [5.74, 6) is 1.56. The molecule has 0 spiro atoms. The van der Waals surface area contributed by atoms with E-state index in [2.05, 4.69) is 0 Å². The molecule has 1 heterocycles. The zero-order valence-corrected chi connectivity index (χ0v) is 10.6. The number of amides is 2. The molecule has 1 aromatic rings. The van der Waals surface area contributed by atoms with Gasteiger partial charge in [0, 0.05) is 16.2 Å². The Morgan fingerprint density at radius 1 is 1.44 bits per heavy atom. The fraction of sp³-hybridized carbons (Fsp3) is 0.385. The normalized spacial score (nSPS) is 18.0. The Hall–Kier alpha value is -1.49. The average molecular weight is 263 g/mol. The molecule has 0 unspecified atom stereocenters. The van der Waals surface area contributed by atoms with Gasteiger partial charge >= 0.3 is 6.09 Å². The third-order valence-corrected chi connectivity index (χ3v) is 4.52. The van der Waals surface area contributed by atoms with Crippen LogP contribution in [0.4, 0.5) is 4.79 Å². The van der Waals surface area contributed by atoms with E-state index in [-0.39, 0.29) is 6.54 Å². The summed E-state index contributed by atoms with van der Waals surface area (Å²) in [6.07, 6.45) is 1.47. The number of fused-ring (bicyclic) bond motifs is 1. The van der Waals surface area contributed by atoms with Crippen LogP contribution in [0.1, 0.15) is 28.8 Å². The Morgan fingerprint density at radius 2 is 2.22 bits per heavy atom. The minimum Gasteiger partial charge on any atom is -0.465 e. The molecule has 1 saturated carbocycles. The van der Waals surface area contributed by atoms with Crippen molar-refractivity contribution in [3.05, 3.63) is 29.3 Å². The van der Waals surface area contributed by atoms with Crippen LogP contribution in [0.15, 0.2) is 23.1 Å². The van der Waals surface area contributed by atoms with Crippen molar-refractivity contribution in [3.8, 4) is 0 Å². The van der Waals surface area contributed by atoms with Crippen LogP contribution in [0.25, 0.3) is 0 Å². The van der Waals surface area contributed by atoms with E-state index in [1.54, 1.807) is 17.8 Å². The van der Waals surface area contributed by atoms with Crippen LogP contribution in [0.5, 0.6) is 0 Å². The third-order valence-electron chi connectivity index (χ3n) is 3.29. The van der Waals surface area contributed by atoms with E-state index >= 15 is 0 Å². The number of nitrogens with zero attached hydrogens (tertiary/aromatic N) is 1. The molecule has 1 aliphatic heterocycles. The van der Waals surface area contributed by atoms with Gasteiger partial charge in [0.05, 0.1) is 6.54 Å². The Bertz CT molecular complexity index is 525. The van der Waals surface area contributed by atoms with Crippen molar-refractivity contribution in [3.63, 3.8) is 0 Å². The fourth-order valence-electron chi connectivity index (χ4n) is 2.04. The highest BCUT2D eigenvalue weighted by molar-refractivity contribution is 7.99. The molecular weight excluding hydrogens is 250 g/mol. The summed E-state index contributed by atoms with van der Waals surface area (Å²) in [6, 6.07) is 5.61. The van der Waals surface area contributed by atoms with Gasteiger partial charge in [-0.2, -0.15) is 0 Å². The summed E-state index contributed by atoms with van der Waals surface area (Å²) in [7, 11) is 0. The summed E-state index contributed by atoms with van der Waals surface area (Å²) in [6.45, 7) is 0.182. The van der Waals surface area contributed by atoms with Crippen molar-refractivity contribution in [1.82, 2.24) is 4.90 Å². The van der Waals surface area contributed by atoms with E-state index in [1.165, 1.54) is 12.8 Å². The molecule has 3 rings (SSSR count). The van der Waals surface area contributed by atoms with Crippen molar-refractivity contribution >= 4 is 23.8 Å². The second-order valence-corrected chi connectivity index (χ2v) is 5.84. The highest BCUT2D eigenvalue weighted by atomic mass is 32.2. The highest BCUT2D eigenvalue weighted by Gasteiger charge is 2.32.